The molecule has 5 nitrogen and oxygen atoms in total. The molecule has 1 aromatic heterocycles. The lowest BCUT2D eigenvalue weighted by molar-refractivity contribution is 0.587. The van der Waals surface area contributed by atoms with Crippen molar-refractivity contribution >= 4 is 26.7 Å². The molecular weight excluding hydrogens is 294 g/mol. The molecule has 0 amide bonds. The maximum Gasteiger partial charge on any atom is 0.263 e. The molecule has 0 radical (unpaired) electrons. The normalized spacial score (nSPS) is 12.4. The third-order valence-corrected chi connectivity index (χ3v) is 4.99. The van der Waals surface area contributed by atoms with Crippen LogP contribution in [-0.4, -0.2) is 17.8 Å². The van der Waals surface area contributed by atoms with E-state index in [4.69, 9.17) is 0 Å². The number of rotatable bonds is 3. The van der Waals surface area contributed by atoms with E-state index in [1.54, 1.807) is 19.1 Å². The third-order valence-electron chi connectivity index (χ3n) is 2.78. The predicted molar refractivity (Wildman–Crippen MR) is 80.6 cm³/mol. The van der Waals surface area contributed by atoms with Crippen molar-refractivity contribution in [3.05, 3.63) is 35.7 Å². The number of nitrogens with zero attached hydrogens (tertiary/aromatic N) is 2. The fourth-order valence-electron chi connectivity index (χ4n) is 1.65. The van der Waals surface area contributed by atoms with Crippen molar-refractivity contribution < 1.29 is 8.42 Å². The van der Waals surface area contributed by atoms with E-state index in [0.29, 0.717) is 5.82 Å². The molecule has 0 fully saturated rings. The van der Waals surface area contributed by atoms with Gasteiger partial charge in [0.1, 0.15) is 5.82 Å². The summed E-state index contributed by atoms with van der Waals surface area (Å²) in [6, 6.07) is 6.88. The van der Waals surface area contributed by atoms with Crippen LogP contribution in [0.15, 0.2) is 29.2 Å². The lowest BCUT2D eigenvalue weighted by Gasteiger charge is -2.19. The van der Waals surface area contributed by atoms with Crippen LogP contribution in [0.25, 0.3) is 0 Å². The number of benzene rings is 1. The Hall–Kier alpha value is -1.47. The predicted octanol–water partition coefficient (Wildman–Crippen LogP) is 2.94. The molecule has 7 heteroatoms. The highest BCUT2D eigenvalue weighted by Gasteiger charge is 2.18. The molecule has 2 rings (SSSR count). The number of hydrogen-bond donors (Lipinski definition) is 1. The van der Waals surface area contributed by atoms with Gasteiger partial charge in [0.25, 0.3) is 10.0 Å². The number of sulfonamides is 1. The lowest BCUT2D eigenvalue weighted by atomic mass is 9.87. The molecule has 0 aliphatic carbocycles. The Bertz CT molecular complexity index is 698. The van der Waals surface area contributed by atoms with Crippen LogP contribution >= 0.6 is 11.5 Å². The SMILES string of the molecule is Cc1nsc(NS(=O)(=O)c2ccc(C(C)(C)C)cc2)n1. The van der Waals surface area contributed by atoms with Crippen LogP contribution in [-0.2, 0) is 15.4 Å². The monoisotopic (exact) mass is 311 g/mol. The second kappa shape index (κ2) is 5.14. The van der Waals surface area contributed by atoms with Gasteiger partial charge in [0.05, 0.1) is 4.90 Å². The van der Waals surface area contributed by atoms with Crippen LogP contribution in [0.5, 0.6) is 0 Å². The van der Waals surface area contributed by atoms with Crippen LogP contribution in [0.3, 0.4) is 0 Å². The third kappa shape index (κ3) is 3.34. The Kier molecular flexibility index (Phi) is 3.84. The highest BCUT2D eigenvalue weighted by molar-refractivity contribution is 7.93. The topological polar surface area (TPSA) is 72.0 Å². The zero-order valence-electron chi connectivity index (χ0n) is 11.8. The summed E-state index contributed by atoms with van der Waals surface area (Å²) >= 11 is 1.03. The van der Waals surface area contributed by atoms with Crippen molar-refractivity contribution in [2.45, 2.75) is 38.0 Å². The van der Waals surface area contributed by atoms with Gasteiger partial charge in [-0.25, -0.2) is 13.4 Å². The molecule has 0 aliphatic heterocycles. The van der Waals surface area contributed by atoms with Gasteiger partial charge in [0.2, 0.25) is 5.13 Å². The van der Waals surface area contributed by atoms with E-state index < -0.39 is 10.0 Å². The van der Waals surface area contributed by atoms with Gasteiger partial charge in [0, 0.05) is 11.5 Å². The number of hydrogen-bond acceptors (Lipinski definition) is 5. The van der Waals surface area contributed by atoms with Gasteiger partial charge < -0.3 is 0 Å². The molecular formula is C13H17N3O2S2. The summed E-state index contributed by atoms with van der Waals surface area (Å²) in [6.45, 7) is 7.96. The Morgan fingerprint density at radius 3 is 2.20 bits per heavy atom. The minimum atomic E-state index is -3.60. The van der Waals surface area contributed by atoms with Crippen LogP contribution in [0.2, 0.25) is 0 Å². The van der Waals surface area contributed by atoms with E-state index in [-0.39, 0.29) is 15.4 Å². The summed E-state index contributed by atoms with van der Waals surface area (Å²) in [6.07, 6.45) is 0. The highest BCUT2D eigenvalue weighted by atomic mass is 32.2. The minimum absolute atomic E-state index is 0.00788. The van der Waals surface area contributed by atoms with Gasteiger partial charge in [-0.1, -0.05) is 32.9 Å². The van der Waals surface area contributed by atoms with E-state index in [9.17, 15) is 8.42 Å². The van der Waals surface area contributed by atoms with E-state index >= 15 is 0 Å². The van der Waals surface area contributed by atoms with Crippen LogP contribution in [0, 0.1) is 6.92 Å². The average Bonchev–Trinajstić information content (AvgIpc) is 2.73. The number of anilines is 1. The Morgan fingerprint density at radius 2 is 1.75 bits per heavy atom. The van der Waals surface area contributed by atoms with Crippen molar-refractivity contribution in [1.29, 1.82) is 0 Å². The van der Waals surface area contributed by atoms with E-state index in [2.05, 4.69) is 34.9 Å². The maximum atomic E-state index is 12.2. The van der Waals surface area contributed by atoms with Crippen molar-refractivity contribution in [2.75, 3.05) is 4.72 Å². The molecule has 0 saturated heterocycles. The van der Waals surface area contributed by atoms with Crippen molar-refractivity contribution in [3.63, 3.8) is 0 Å². The first-order valence-corrected chi connectivity index (χ1v) is 8.38. The number of aromatic nitrogens is 2. The quantitative estimate of drug-likeness (QED) is 0.946. The van der Waals surface area contributed by atoms with E-state index in [1.807, 2.05) is 12.1 Å². The van der Waals surface area contributed by atoms with Gasteiger partial charge >= 0.3 is 0 Å². The standard InChI is InChI=1S/C13H17N3O2S2/c1-9-14-12(19-15-9)16-20(17,18)11-7-5-10(6-8-11)13(2,3)4/h5-8H,1-4H3,(H,14,15,16). The van der Waals surface area contributed by atoms with E-state index in [1.165, 1.54) is 0 Å². The fourth-order valence-corrected chi connectivity index (χ4v) is 3.44. The molecule has 0 aliphatic rings. The molecule has 1 N–H and O–H groups in total. The summed E-state index contributed by atoms with van der Waals surface area (Å²) in [5.41, 5.74) is 1.08. The molecule has 2 aromatic rings. The van der Waals surface area contributed by atoms with Gasteiger partial charge in [-0.3, -0.25) is 4.72 Å². The molecule has 1 aromatic carbocycles. The summed E-state index contributed by atoms with van der Waals surface area (Å²) in [4.78, 5) is 4.22. The molecule has 0 unspecified atom stereocenters. The van der Waals surface area contributed by atoms with Crippen molar-refractivity contribution in [3.8, 4) is 0 Å². The van der Waals surface area contributed by atoms with Gasteiger partial charge in [-0.15, -0.1) is 0 Å². The first-order valence-electron chi connectivity index (χ1n) is 6.12. The summed E-state index contributed by atoms with van der Waals surface area (Å²) in [5.74, 6) is 0.552. The van der Waals surface area contributed by atoms with Gasteiger partial charge in [-0.2, -0.15) is 4.37 Å². The molecule has 0 saturated carbocycles. The zero-order chi connectivity index (χ0) is 15.0. The number of aryl methyl sites for hydroxylation is 1. The minimum Gasteiger partial charge on any atom is -0.253 e. The molecule has 1 heterocycles. The molecule has 0 bridgehead atoms. The number of nitrogens with one attached hydrogen (secondary N) is 1. The summed E-state index contributed by atoms with van der Waals surface area (Å²) in [5, 5.41) is 0.280. The first kappa shape index (κ1) is 14.9. The van der Waals surface area contributed by atoms with E-state index in [0.717, 1.165) is 17.1 Å². The second-order valence-corrected chi connectivity index (χ2v) is 7.96. The highest BCUT2D eigenvalue weighted by Crippen LogP contribution is 2.24. The summed E-state index contributed by atoms with van der Waals surface area (Å²) in [7, 11) is -3.60. The second-order valence-electron chi connectivity index (χ2n) is 5.53. The van der Waals surface area contributed by atoms with Crippen molar-refractivity contribution in [1.82, 2.24) is 9.36 Å². The van der Waals surface area contributed by atoms with Gasteiger partial charge in [-0.05, 0) is 30.0 Å². The smallest absolute Gasteiger partial charge is 0.253 e. The van der Waals surface area contributed by atoms with Crippen LogP contribution in [0.1, 0.15) is 32.2 Å². The molecule has 0 atom stereocenters. The lowest BCUT2D eigenvalue weighted by Crippen LogP contribution is -2.14. The Morgan fingerprint density at radius 1 is 1.15 bits per heavy atom. The molecule has 20 heavy (non-hydrogen) atoms. The van der Waals surface area contributed by atoms with Crippen LogP contribution < -0.4 is 4.72 Å². The zero-order valence-corrected chi connectivity index (χ0v) is 13.5. The molecule has 108 valence electrons. The molecule has 0 spiro atoms. The Balaban J connectivity index is 2.26. The summed E-state index contributed by atoms with van der Waals surface area (Å²) < 4.78 is 30.8. The average molecular weight is 311 g/mol. The van der Waals surface area contributed by atoms with Crippen LogP contribution in [0.4, 0.5) is 5.13 Å². The largest absolute Gasteiger partial charge is 0.263 e. The van der Waals surface area contributed by atoms with Gasteiger partial charge in [0.15, 0.2) is 0 Å². The Labute approximate surface area is 123 Å². The van der Waals surface area contributed by atoms with Crippen molar-refractivity contribution in [2.24, 2.45) is 0 Å². The fraction of sp³-hybridized carbons (Fsp3) is 0.385. The maximum absolute atomic E-state index is 12.2. The first-order chi connectivity index (χ1) is 9.18.